The first-order valence-corrected chi connectivity index (χ1v) is 12.1. The minimum Gasteiger partial charge on any atom is -0.374 e. The molecule has 3 aromatic carbocycles. The molecule has 2 atom stereocenters. The van der Waals surface area contributed by atoms with Crippen LogP contribution in [0.2, 0.25) is 0 Å². The van der Waals surface area contributed by atoms with Gasteiger partial charge in [-0.2, -0.15) is 0 Å². The number of ether oxygens (including phenoxy) is 1. The molecular weight excluding hydrogens is 433 g/mol. The van der Waals surface area contributed by atoms with Gasteiger partial charge in [0.25, 0.3) is 0 Å². The maximum atomic E-state index is 15.0. The van der Waals surface area contributed by atoms with Gasteiger partial charge in [0.15, 0.2) is 11.6 Å². The molecule has 4 rings (SSSR count). The normalized spacial score (nSPS) is 18.5. The van der Waals surface area contributed by atoms with Crippen molar-refractivity contribution in [3.63, 3.8) is 0 Å². The number of benzene rings is 3. The van der Waals surface area contributed by atoms with Crippen LogP contribution in [0.15, 0.2) is 66.7 Å². The van der Waals surface area contributed by atoms with Crippen LogP contribution in [-0.4, -0.2) is 12.7 Å². The van der Waals surface area contributed by atoms with Crippen molar-refractivity contribution in [3.05, 3.63) is 95.3 Å². The second-order valence-corrected chi connectivity index (χ2v) is 8.99. The molecule has 1 saturated heterocycles. The van der Waals surface area contributed by atoms with Crippen molar-refractivity contribution in [2.45, 2.75) is 58.0 Å². The van der Waals surface area contributed by atoms with Crippen LogP contribution in [0.4, 0.5) is 13.2 Å². The van der Waals surface area contributed by atoms with Crippen molar-refractivity contribution in [1.29, 1.82) is 0 Å². The fourth-order valence-electron chi connectivity index (χ4n) is 4.62. The molecule has 1 aliphatic rings. The molecule has 4 heteroatoms. The van der Waals surface area contributed by atoms with Crippen LogP contribution in [0, 0.1) is 17.5 Å². The fraction of sp³-hybridized carbons (Fsp3) is 0.333. The zero-order chi connectivity index (χ0) is 24.1. The molecule has 1 fully saturated rings. The molecule has 1 aliphatic heterocycles. The number of hydrogen-bond donors (Lipinski definition) is 0. The Labute approximate surface area is 200 Å². The molecule has 0 aliphatic carbocycles. The van der Waals surface area contributed by atoms with Crippen molar-refractivity contribution in [2.75, 3.05) is 6.61 Å². The Morgan fingerprint density at radius 2 is 1.59 bits per heavy atom. The number of halogens is 3. The summed E-state index contributed by atoms with van der Waals surface area (Å²) >= 11 is 0. The van der Waals surface area contributed by atoms with E-state index in [1.54, 1.807) is 48.5 Å². The van der Waals surface area contributed by atoms with Crippen molar-refractivity contribution in [1.82, 2.24) is 0 Å². The summed E-state index contributed by atoms with van der Waals surface area (Å²) in [4.78, 5) is 0. The molecule has 0 saturated carbocycles. The maximum Gasteiger partial charge on any atom is 0.166 e. The molecule has 0 aromatic heterocycles. The third-order valence-electron chi connectivity index (χ3n) is 6.65. The van der Waals surface area contributed by atoms with Crippen molar-refractivity contribution >= 4 is 0 Å². The standard InChI is InChI=1S/C30H31F3O/c1-3-5-7-22-13-17-27(30(33)29(22)32)21-10-8-20(9-11-21)26-16-14-23(18-28(26)31)24-12-15-25(6-4-2)34-19-24/h4,6,8-11,13-14,16-18,24-25H,3,5,7,12,15,19H2,1-2H3/b6-4+. The first-order chi connectivity index (χ1) is 16.5. The highest BCUT2D eigenvalue weighted by Crippen LogP contribution is 2.33. The Morgan fingerprint density at radius 1 is 0.882 bits per heavy atom. The van der Waals surface area contributed by atoms with Crippen LogP contribution in [0.3, 0.4) is 0 Å². The summed E-state index contributed by atoms with van der Waals surface area (Å²) in [5.41, 5.74) is 3.31. The summed E-state index contributed by atoms with van der Waals surface area (Å²) in [5.74, 6) is -1.72. The Kier molecular flexibility index (Phi) is 7.89. The largest absolute Gasteiger partial charge is 0.374 e. The Morgan fingerprint density at radius 3 is 2.21 bits per heavy atom. The zero-order valence-electron chi connectivity index (χ0n) is 19.8. The van der Waals surface area contributed by atoms with E-state index in [4.69, 9.17) is 4.74 Å². The van der Waals surface area contributed by atoms with Gasteiger partial charge < -0.3 is 4.74 Å². The first kappa shape index (κ1) is 24.3. The summed E-state index contributed by atoms with van der Waals surface area (Å²) in [6.07, 6.45) is 8.36. The van der Waals surface area contributed by atoms with Gasteiger partial charge in [0.2, 0.25) is 0 Å². The molecule has 0 radical (unpaired) electrons. The lowest BCUT2D eigenvalue weighted by atomic mass is 9.89. The van der Waals surface area contributed by atoms with Gasteiger partial charge in [-0.1, -0.05) is 74.0 Å². The van der Waals surface area contributed by atoms with Crippen LogP contribution >= 0.6 is 0 Å². The molecule has 3 aromatic rings. The Hall–Kier alpha value is -2.85. The van der Waals surface area contributed by atoms with Crippen LogP contribution in [0.1, 0.15) is 56.6 Å². The third-order valence-corrected chi connectivity index (χ3v) is 6.65. The van der Waals surface area contributed by atoms with Gasteiger partial charge in [0.05, 0.1) is 12.7 Å². The number of hydrogen-bond acceptors (Lipinski definition) is 1. The highest BCUT2D eigenvalue weighted by molar-refractivity contribution is 5.71. The van der Waals surface area contributed by atoms with E-state index in [0.29, 0.717) is 35.3 Å². The second kappa shape index (κ2) is 11.1. The Bertz CT molecular complexity index is 1140. The lowest BCUT2D eigenvalue weighted by Crippen LogP contribution is -2.23. The lowest BCUT2D eigenvalue weighted by Gasteiger charge is -2.28. The average molecular weight is 465 g/mol. The molecular formula is C30H31F3O. The highest BCUT2D eigenvalue weighted by Gasteiger charge is 2.22. The number of allylic oxidation sites excluding steroid dienone is 1. The topological polar surface area (TPSA) is 9.23 Å². The van der Waals surface area contributed by atoms with Gasteiger partial charge in [-0.15, -0.1) is 0 Å². The third kappa shape index (κ3) is 5.28. The van der Waals surface area contributed by atoms with E-state index < -0.39 is 11.6 Å². The van der Waals surface area contributed by atoms with Crippen molar-refractivity contribution < 1.29 is 17.9 Å². The summed E-state index contributed by atoms with van der Waals surface area (Å²) in [5, 5.41) is 0. The van der Waals surface area contributed by atoms with E-state index in [1.165, 1.54) is 0 Å². The molecule has 1 heterocycles. The first-order valence-electron chi connectivity index (χ1n) is 12.1. The molecule has 0 bridgehead atoms. The van der Waals surface area contributed by atoms with E-state index in [1.807, 2.05) is 26.0 Å². The SMILES string of the molecule is C/C=C/C1CCC(c2ccc(-c3ccc(-c4ccc(CCCC)c(F)c4F)cc3)c(F)c2)CO1. The quantitative estimate of drug-likeness (QED) is 0.318. The van der Waals surface area contributed by atoms with Crippen LogP contribution in [0.5, 0.6) is 0 Å². The average Bonchev–Trinajstić information content (AvgIpc) is 2.86. The van der Waals surface area contributed by atoms with E-state index in [-0.39, 0.29) is 23.4 Å². The molecule has 2 unspecified atom stereocenters. The van der Waals surface area contributed by atoms with Gasteiger partial charge in [-0.05, 0) is 60.9 Å². The smallest absolute Gasteiger partial charge is 0.166 e. The van der Waals surface area contributed by atoms with Crippen molar-refractivity contribution in [2.24, 2.45) is 0 Å². The van der Waals surface area contributed by atoms with Gasteiger partial charge in [0.1, 0.15) is 5.82 Å². The zero-order valence-corrected chi connectivity index (χ0v) is 19.8. The summed E-state index contributed by atoms with van der Waals surface area (Å²) in [7, 11) is 0. The summed E-state index contributed by atoms with van der Waals surface area (Å²) < 4.78 is 50.1. The monoisotopic (exact) mass is 464 g/mol. The van der Waals surface area contributed by atoms with Gasteiger partial charge in [0, 0.05) is 17.0 Å². The molecule has 0 N–H and O–H groups in total. The molecule has 1 nitrogen and oxygen atoms in total. The second-order valence-electron chi connectivity index (χ2n) is 8.99. The Balaban J connectivity index is 1.51. The van der Waals surface area contributed by atoms with Crippen LogP contribution in [0.25, 0.3) is 22.3 Å². The summed E-state index contributed by atoms with van der Waals surface area (Å²) in [6.45, 7) is 4.59. The van der Waals surface area contributed by atoms with Crippen molar-refractivity contribution in [3.8, 4) is 22.3 Å². The van der Waals surface area contributed by atoms with E-state index >= 15 is 4.39 Å². The predicted octanol–water partition coefficient (Wildman–Crippen LogP) is 8.62. The minimum atomic E-state index is -0.830. The minimum absolute atomic E-state index is 0.148. The van der Waals surface area contributed by atoms with Gasteiger partial charge in [-0.3, -0.25) is 0 Å². The number of rotatable bonds is 7. The summed E-state index contributed by atoms with van der Waals surface area (Å²) in [6, 6.07) is 15.6. The van der Waals surface area contributed by atoms with Crippen LogP contribution in [-0.2, 0) is 11.2 Å². The predicted molar refractivity (Wildman–Crippen MR) is 132 cm³/mol. The molecule has 34 heavy (non-hydrogen) atoms. The highest BCUT2D eigenvalue weighted by atomic mass is 19.2. The lowest BCUT2D eigenvalue weighted by molar-refractivity contribution is 0.0326. The van der Waals surface area contributed by atoms with E-state index in [0.717, 1.165) is 31.2 Å². The van der Waals surface area contributed by atoms with E-state index in [9.17, 15) is 8.78 Å². The molecule has 0 amide bonds. The number of aryl methyl sites for hydroxylation is 1. The number of unbranched alkanes of at least 4 members (excludes halogenated alkanes) is 1. The van der Waals surface area contributed by atoms with Gasteiger partial charge in [-0.25, -0.2) is 13.2 Å². The molecule has 178 valence electrons. The van der Waals surface area contributed by atoms with E-state index in [2.05, 4.69) is 6.08 Å². The van der Waals surface area contributed by atoms with Gasteiger partial charge >= 0.3 is 0 Å². The molecule has 0 spiro atoms. The fourth-order valence-corrected chi connectivity index (χ4v) is 4.62. The van der Waals surface area contributed by atoms with Crippen LogP contribution < -0.4 is 0 Å². The maximum absolute atomic E-state index is 15.0.